The van der Waals surface area contributed by atoms with Gasteiger partial charge in [-0.15, -0.1) is 11.3 Å². The van der Waals surface area contributed by atoms with Crippen LogP contribution >= 0.6 is 11.3 Å². The minimum atomic E-state index is -4.38. The van der Waals surface area contributed by atoms with Crippen LogP contribution in [0.4, 0.5) is 5.69 Å². The molecule has 0 saturated carbocycles. The molecule has 12 heteroatoms. The average molecular weight is 526 g/mol. The number of sulfonamides is 1. The maximum atomic E-state index is 13.0. The number of hydrogen-bond donors (Lipinski definition) is 3. The third-order valence-corrected chi connectivity index (χ3v) is 7.62. The van der Waals surface area contributed by atoms with Gasteiger partial charge in [-0.3, -0.25) is 9.27 Å². The van der Waals surface area contributed by atoms with Crippen molar-refractivity contribution in [1.82, 2.24) is 9.71 Å². The van der Waals surface area contributed by atoms with Gasteiger partial charge < -0.3 is 4.74 Å². The van der Waals surface area contributed by atoms with Crippen molar-refractivity contribution in [2.24, 2.45) is 0 Å². The molecule has 1 aromatic heterocycles. The highest BCUT2D eigenvalue weighted by Crippen LogP contribution is 2.24. The number of hydrogen-bond acceptors (Lipinski definition) is 7. The SMILES string of the molecule is CCOc1cccc(CS(=O)(=O)NC(Cc2ccc(NS(=O)(=O)O)cc2)c2csc(CC)n2)c1. The number of anilines is 1. The number of thiazole rings is 1. The van der Waals surface area contributed by atoms with Crippen molar-refractivity contribution in [1.29, 1.82) is 0 Å². The molecule has 9 nitrogen and oxygen atoms in total. The van der Waals surface area contributed by atoms with Crippen LogP contribution in [0.5, 0.6) is 5.75 Å². The molecule has 3 rings (SSSR count). The molecule has 0 aliphatic rings. The second-order valence-corrected chi connectivity index (χ2v) is 11.4. The van der Waals surface area contributed by atoms with E-state index in [1.807, 2.05) is 23.9 Å². The van der Waals surface area contributed by atoms with E-state index in [9.17, 15) is 16.8 Å². The summed E-state index contributed by atoms with van der Waals surface area (Å²) in [7, 11) is -8.11. The molecule has 3 N–H and O–H groups in total. The van der Waals surface area contributed by atoms with E-state index in [1.54, 1.807) is 36.4 Å². The molecule has 0 aliphatic carbocycles. The second kappa shape index (κ2) is 11.3. The molecule has 1 heterocycles. The molecular weight excluding hydrogens is 498 g/mol. The number of rotatable bonds is 12. The number of aryl methyl sites for hydroxylation is 1. The molecule has 0 radical (unpaired) electrons. The van der Waals surface area contributed by atoms with Gasteiger partial charge in [0.05, 0.1) is 34.8 Å². The number of nitrogens with one attached hydrogen (secondary N) is 2. The van der Waals surface area contributed by atoms with Crippen LogP contribution in [0.25, 0.3) is 0 Å². The molecule has 1 atom stereocenters. The lowest BCUT2D eigenvalue weighted by Crippen LogP contribution is -2.31. The molecule has 0 amide bonds. The van der Waals surface area contributed by atoms with Gasteiger partial charge in [-0.05, 0) is 55.2 Å². The lowest BCUT2D eigenvalue weighted by molar-refractivity contribution is 0.340. The van der Waals surface area contributed by atoms with Gasteiger partial charge in [0.15, 0.2) is 0 Å². The molecule has 184 valence electrons. The zero-order chi connectivity index (χ0) is 24.8. The highest BCUT2D eigenvalue weighted by Gasteiger charge is 2.23. The molecule has 0 fully saturated rings. The van der Waals surface area contributed by atoms with E-state index in [0.717, 1.165) is 17.0 Å². The monoisotopic (exact) mass is 525 g/mol. The first-order valence-electron chi connectivity index (χ1n) is 10.6. The summed E-state index contributed by atoms with van der Waals surface area (Å²) in [5.41, 5.74) is 2.18. The summed E-state index contributed by atoms with van der Waals surface area (Å²) in [5.74, 6) is 0.393. The first-order chi connectivity index (χ1) is 16.1. The number of benzene rings is 2. The highest BCUT2D eigenvalue weighted by atomic mass is 32.2. The van der Waals surface area contributed by atoms with Gasteiger partial charge in [0, 0.05) is 5.38 Å². The van der Waals surface area contributed by atoms with Crippen LogP contribution in [-0.2, 0) is 38.9 Å². The van der Waals surface area contributed by atoms with Gasteiger partial charge in [-0.1, -0.05) is 31.2 Å². The number of aromatic nitrogens is 1. The fraction of sp³-hybridized carbons (Fsp3) is 0.318. The Balaban J connectivity index is 1.81. The van der Waals surface area contributed by atoms with E-state index >= 15 is 0 Å². The first kappa shape index (κ1) is 26.1. The van der Waals surface area contributed by atoms with Crippen LogP contribution in [0.1, 0.15) is 41.7 Å². The van der Waals surface area contributed by atoms with E-state index in [2.05, 4.69) is 9.71 Å². The summed E-state index contributed by atoms with van der Waals surface area (Å²) in [5, 5.41) is 2.74. The Kier molecular flexibility index (Phi) is 8.66. The molecule has 2 aromatic carbocycles. The number of ether oxygens (including phenoxy) is 1. The highest BCUT2D eigenvalue weighted by molar-refractivity contribution is 7.88. The minimum Gasteiger partial charge on any atom is -0.494 e. The van der Waals surface area contributed by atoms with Crippen LogP contribution < -0.4 is 14.2 Å². The van der Waals surface area contributed by atoms with E-state index < -0.39 is 26.4 Å². The largest absolute Gasteiger partial charge is 0.494 e. The quantitative estimate of drug-likeness (QED) is 0.307. The minimum absolute atomic E-state index is 0.194. The van der Waals surface area contributed by atoms with Crippen molar-refractivity contribution < 1.29 is 26.1 Å². The molecular formula is C22H27N3O6S3. The summed E-state index contributed by atoms with van der Waals surface area (Å²) in [6.07, 6.45) is 1.04. The zero-order valence-corrected chi connectivity index (χ0v) is 21.2. The second-order valence-electron chi connectivity index (χ2n) is 7.51. The predicted octanol–water partition coefficient (Wildman–Crippen LogP) is 3.72. The van der Waals surface area contributed by atoms with Crippen molar-refractivity contribution in [3.05, 3.63) is 75.7 Å². The fourth-order valence-corrected chi connectivity index (χ4v) is 5.89. The Hall–Kier alpha value is -2.51. The van der Waals surface area contributed by atoms with E-state index in [0.29, 0.717) is 30.0 Å². The molecule has 1 unspecified atom stereocenters. The van der Waals surface area contributed by atoms with Crippen LogP contribution in [0.2, 0.25) is 0 Å². The molecule has 0 saturated heterocycles. The Morgan fingerprint density at radius 1 is 1.06 bits per heavy atom. The van der Waals surface area contributed by atoms with Gasteiger partial charge in [0.2, 0.25) is 10.0 Å². The molecule has 0 bridgehead atoms. The van der Waals surface area contributed by atoms with Crippen LogP contribution in [0, 0.1) is 0 Å². The standard InChI is InChI=1S/C22H27N3O6S3/c1-3-22-23-21(14-32-22)20(13-16-8-10-18(11-9-16)24-34(28,29)30)25-33(26,27)15-17-6-5-7-19(12-17)31-4-2/h5-12,14,20,24-25H,3-4,13,15H2,1-2H3,(H,28,29,30). The van der Waals surface area contributed by atoms with Gasteiger partial charge in [-0.2, -0.15) is 8.42 Å². The van der Waals surface area contributed by atoms with Crippen molar-refractivity contribution in [2.45, 2.75) is 38.5 Å². The zero-order valence-electron chi connectivity index (χ0n) is 18.8. The van der Waals surface area contributed by atoms with Gasteiger partial charge in [0.1, 0.15) is 5.75 Å². The molecule has 0 aliphatic heterocycles. The average Bonchev–Trinajstić information content (AvgIpc) is 3.23. The van der Waals surface area contributed by atoms with Crippen molar-refractivity contribution in [3.63, 3.8) is 0 Å². The first-order valence-corrected chi connectivity index (χ1v) is 14.5. The van der Waals surface area contributed by atoms with Crippen LogP contribution in [-0.4, -0.2) is 33.0 Å². The van der Waals surface area contributed by atoms with Crippen molar-refractivity contribution in [3.8, 4) is 5.75 Å². The van der Waals surface area contributed by atoms with Crippen molar-refractivity contribution >= 4 is 37.4 Å². The lowest BCUT2D eigenvalue weighted by Gasteiger charge is -2.18. The Bertz CT molecular complexity index is 1310. The predicted molar refractivity (Wildman–Crippen MR) is 133 cm³/mol. The Labute approximate surface area is 204 Å². The Morgan fingerprint density at radius 3 is 2.41 bits per heavy atom. The van der Waals surface area contributed by atoms with E-state index in [1.165, 1.54) is 23.5 Å². The Morgan fingerprint density at radius 2 is 1.79 bits per heavy atom. The summed E-state index contributed by atoms with van der Waals surface area (Å²) in [6.45, 7) is 4.33. The molecule has 34 heavy (non-hydrogen) atoms. The lowest BCUT2D eigenvalue weighted by atomic mass is 10.0. The number of nitrogens with zero attached hydrogens (tertiary/aromatic N) is 1. The van der Waals surface area contributed by atoms with E-state index in [-0.39, 0.29) is 11.4 Å². The summed E-state index contributed by atoms with van der Waals surface area (Å²) in [6, 6.07) is 12.7. The smallest absolute Gasteiger partial charge is 0.357 e. The normalized spacial score (nSPS) is 12.9. The molecule has 3 aromatic rings. The summed E-state index contributed by atoms with van der Waals surface area (Å²) < 4.78 is 67.2. The third kappa shape index (κ3) is 8.06. The van der Waals surface area contributed by atoms with Gasteiger partial charge >= 0.3 is 10.3 Å². The van der Waals surface area contributed by atoms with Crippen LogP contribution in [0.3, 0.4) is 0 Å². The van der Waals surface area contributed by atoms with Crippen molar-refractivity contribution in [2.75, 3.05) is 11.3 Å². The van der Waals surface area contributed by atoms with Gasteiger partial charge in [0.25, 0.3) is 0 Å². The maximum absolute atomic E-state index is 13.0. The summed E-state index contributed by atoms with van der Waals surface area (Å²) >= 11 is 1.47. The third-order valence-electron chi connectivity index (χ3n) is 4.76. The molecule has 0 spiro atoms. The van der Waals surface area contributed by atoms with Gasteiger partial charge in [-0.25, -0.2) is 18.1 Å². The maximum Gasteiger partial charge on any atom is 0.357 e. The summed E-state index contributed by atoms with van der Waals surface area (Å²) in [4.78, 5) is 4.57. The topological polar surface area (TPSA) is 135 Å². The van der Waals surface area contributed by atoms with Crippen LogP contribution in [0.15, 0.2) is 53.9 Å². The van der Waals surface area contributed by atoms with E-state index in [4.69, 9.17) is 9.29 Å². The fourth-order valence-electron chi connectivity index (χ4n) is 3.32.